The van der Waals surface area contributed by atoms with Gasteiger partial charge in [-0.25, -0.2) is 0 Å². The number of ether oxygens (including phenoxy) is 2. The van der Waals surface area contributed by atoms with Gasteiger partial charge in [-0.3, -0.25) is 0 Å². The first-order chi connectivity index (χ1) is 10.1. The zero-order chi connectivity index (χ0) is 15.0. The van der Waals surface area contributed by atoms with E-state index in [4.69, 9.17) is 9.47 Å². The van der Waals surface area contributed by atoms with Crippen LogP contribution in [0.5, 0.6) is 11.5 Å². The van der Waals surface area contributed by atoms with Gasteiger partial charge in [-0.1, -0.05) is 34.5 Å². The molecule has 116 valence electrons. The number of para-hydroxylation sites is 1. The average molecular weight is 354 g/mol. The minimum absolute atomic E-state index is 0.162. The quantitative estimate of drug-likeness (QED) is 0.775. The Balaban J connectivity index is 2.09. The van der Waals surface area contributed by atoms with Crippen LogP contribution in [0.4, 0.5) is 0 Å². The van der Waals surface area contributed by atoms with Gasteiger partial charge in [0.2, 0.25) is 0 Å². The maximum atomic E-state index is 5.72. The molecule has 2 aliphatic rings. The summed E-state index contributed by atoms with van der Waals surface area (Å²) in [4.78, 5) is 2.95. The third-order valence-corrected chi connectivity index (χ3v) is 6.54. The van der Waals surface area contributed by atoms with E-state index in [1.807, 2.05) is 6.07 Å². The Morgan fingerprint density at radius 2 is 2.10 bits per heavy atom. The van der Waals surface area contributed by atoms with Gasteiger partial charge in [-0.2, -0.15) is 0 Å². The molecule has 2 fully saturated rings. The van der Waals surface area contributed by atoms with E-state index in [2.05, 4.69) is 40.0 Å². The Labute approximate surface area is 135 Å². The van der Waals surface area contributed by atoms with Crippen molar-refractivity contribution in [2.45, 2.75) is 42.0 Å². The predicted octanol–water partition coefficient (Wildman–Crippen LogP) is 3.59. The summed E-state index contributed by atoms with van der Waals surface area (Å²) in [5.41, 5.74) is 1.47. The predicted molar refractivity (Wildman–Crippen MR) is 88.8 cm³/mol. The Hall–Kier alpha value is -0.740. The van der Waals surface area contributed by atoms with Crippen LogP contribution in [0.15, 0.2) is 18.2 Å². The second-order valence-electron chi connectivity index (χ2n) is 6.35. The number of fused-ring (bicyclic) bond motifs is 2. The molecule has 0 N–H and O–H groups in total. The molecule has 0 aromatic heterocycles. The van der Waals surface area contributed by atoms with Crippen LogP contribution in [-0.2, 0) is 5.41 Å². The molecule has 3 nitrogen and oxygen atoms in total. The second kappa shape index (κ2) is 5.81. The van der Waals surface area contributed by atoms with Crippen LogP contribution in [0.1, 0.15) is 31.2 Å². The highest BCUT2D eigenvalue weighted by Crippen LogP contribution is 2.53. The number of hydrogen-bond acceptors (Lipinski definition) is 3. The lowest BCUT2D eigenvalue weighted by Crippen LogP contribution is -2.56. The van der Waals surface area contributed by atoms with Gasteiger partial charge in [-0.05, 0) is 32.4 Å². The van der Waals surface area contributed by atoms with Crippen molar-refractivity contribution >= 4 is 15.9 Å². The molecule has 0 amide bonds. The zero-order valence-electron chi connectivity index (χ0n) is 13.1. The first-order valence-electron chi connectivity index (χ1n) is 7.68. The van der Waals surface area contributed by atoms with E-state index in [1.54, 1.807) is 14.2 Å². The first-order valence-corrected chi connectivity index (χ1v) is 8.59. The van der Waals surface area contributed by atoms with E-state index >= 15 is 0 Å². The maximum absolute atomic E-state index is 5.72. The highest BCUT2D eigenvalue weighted by Gasteiger charge is 2.49. The summed E-state index contributed by atoms with van der Waals surface area (Å²) < 4.78 is 11.2. The second-order valence-corrected chi connectivity index (χ2v) is 7.46. The fourth-order valence-corrected chi connectivity index (χ4v) is 5.33. The van der Waals surface area contributed by atoms with Gasteiger partial charge < -0.3 is 14.4 Å². The van der Waals surface area contributed by atoms with Crippen LogP contribution in [0.25, 0.3) is 0 Å². The lowest BCUT2D eigenvalue weighted by Gasteiger charge is -2.53. The largest absolute Gasteiger partial charge is 0.493 e. The molecule has 1 heterocycles. The highest BCUT2D eigenvalue weighted by atomic mass is 79.9. The summed E-state index contributed by atoms with van der Waals surface area (Å²) in [6.07, 6.45) is 5.00. The molecule has 3 atom stereocenters. The minimum Gasteiger partial charge on any atom is -0.493 e. The molecule has 2 bridgehead atoms. The highest BCUT2D eigenvalue weighted by molar-refractivity contribution is 9.09. The van der Waals surface area contributed by atoms with Crippen molar-refractivity contribution in [3.63, 3.8) is 0 Å². The lowest BCUT2D eigenvalue weighted by molar-refractivity contribution is 0.0785. The van der Waals surface area contributed by atoms with Gasteiger partial charge in [-0.15, -0.1) is 0 Å². The minimum atomic E-state index is 0.162. The van der Waals surface area contributed by atoms with E-state index in [-0.39, 0.29) is 5.41 Å². The summed E-state index contributed by atoms with van der Waals surface area (Å²) in [5, 5.41) is 0. The topological polar surface area (TPSA) is 21.7 Å². The number of benzene rings is 1. The maximum Gasteiger partial charge on any atom is 0.164 e. The number of likely N-dealkylation sites (tertiary alicyclic amines) is 1. The molecule has 1 aliphatic heterocycles. The molecule has 0 radical (unpaired) electrons. The lowest BCUT2D eigenvalue weighted by atomic mass is 9.63. The van der Waals surface area contributed by atoms with Gasteiger partial charge in [0, 0.05) is 28.4 Å². The van der Waals surface area contributed by atoms with Crippen LogP contribution in [0, 0.1) is 0 Å². The molecule has 4 heteroatoms. The van der Waals surface area contributed by atoms with Gasteiger partial charge in [0.25, 0.3) is 0 Å². The van der Waals surface area contributed by atoms with E-state index in [9.17, 15) is 0 Å². The van der Waals surface area contributed by atoms with E-state index in [0.29, 0.717) is 10.9 Å². The summed E-state index contributed by atoms with van der Waals surface area (Å²) in [6.45, 7) is 1.09. The van der Waals surface area contributed by atoms with Crippen molar-refractivity contribution in [3.8, 4) is 11.5 Å². The normalized spacial score (nSPS) is 32.8. The number of hydrogen-bond donors (Lipinski definition) is 0. The van der Waals surface area contributed by atoms with Crippen molar-refractivity contribution < 1.29 is 9.47 Å². The molecule has 1 aliphatic carbocycles. The van der Waals surface area contributed by atoms with E-state index in [1.165, 1.54) is 31.2 Å². The van der Waals surface area contributed by atoms with Crippen molar-refractivity contribution in [3.05, 3.63) is 23.8 Å². The molecular weight excluding hydrogens is 330 g/mol. The van der Waals surface area contributed by atoms with Crippen LogP contribution in [0.2, 0.25) is 0 Å². The van der Waals surface area contributed by atoms with Crippen LogP contribution >= 0.6 is 15.9 Å². The number of halogens is 1. The third kappa shape index (κ3) is 2.36. The van der Waals surface area contributed by atoms with Crippen LogP contribution < -0.4 is 9.47 Å². The monoisotopic (exact) mass is 353 g/mol. The van der Waals surface area contributed by atoms with Gasteiger partial charge >= 0.3 is 0 Å². The molecule has 1 aromatic rings. The molecule has 3 rings (SSSR count). The number of nitrogens with zero attached hydrogens (tertiary/aromatic N) is 1. The smallest absolute Gasteiger partial charge is 0.164 e. The van der Waals surface area contributed by atoms with Crippen LogP contribution in [-0.4, -0.2) is 43.6 Å². The SMILES string of the molecule is COc1cccc(C23CCCC(C2)N(C)CC3Br)c1OC. The Morgan fingerprint density at radius 3 is 2.81 bits per heavy atom. The van der Waals surface area contributed by atoms with Crippen LogP contribution in [0.3, 0.4) is 0 Å². The molecule has 1 saturated carbocycles. The summed E-state index contributed by atoms with van der Waals surface area (Å²) in [6, 6.07) is 6.98. The van der Waals surface area contributed by atoms with Crippen molar-refractivity contribution in [2.75, 3.05) is 27.8 Å². The Morgan fingerprint density at radius 1 is 1.29 bits per heavy atom. The molecule has 1 saturated heterocycles. The average Bonchev–Trinajstić information content (AvgIpc) is 2.52. The Bertz CT molecular complexity index is 522. The van der Waals surface area contributed by atoms with Gasteiger partial charge in [0.1, 0.15) is 0 Å². The van der Waals surface area contributed by atoms with Crippen molar-refractivity contribution in [1.82, 2.24) is 4.90 Å². The van der Waals surface area contributed by atoms with Crippen molar-refractivity contribution in [1.29, 1.82) is 0 Å². The summed E-state index contributed by atoms with van der Waals surface area (Å²) >= 11 is 3.98. The summed E-state index contributed by atoms with van der Waals surface area (Å²) in [5.74, 6) is 1.75. The van der Waals surface area contributed by atoms with E-state index < -0.39 is 0 Å². The van der Waals surface area contributed by atoms with Gasteiger partial charge in [0.15, 0.2) is 11.5 Å². The summed E-state index contributed by atoms with van der Waals surface area (Å²) in [7, 11) is 5.71. The fourth-order valence-electron chi connectivity index (χ4n) is 4.21. The number of alkyl halides is 1. The molecule has 3 unspecified atom stereocenters. The molecule has 0 spiro atoms. The number of piperidine rings is 1. The van der Waals surface area contributed by atoms with E-state index in [0.717, 1.165) is 18.0 Å². The third-order valence-electron chi connectivity index (χ3n) is 5.37. The number of methoxy groups -OCH3 is 2. The molecule has 1 aromatic carbocycles. The molecule has 21 heavy (non-hydrogen) atoms. The Kier molecular flexibility index (Phi) is 4.19. The fraction of sp³-hybridized carbons (Fsp3) is 0.647. The molecular formula is C17H24BrNO2. The zero-order valence-corrected chi connectivity index (χ0v) is 14.6. The standard InChI is InChI=1S/C17H24BrNO2/c1-19-11-15(18)17(9-5-6-12(19)10-17)13-7-4-8-14(20-2)16(13)21-3/h4,7-8,12,15H,5-6,9-11H2,1-3H3. The van der Waals surface area contributed by atoms with Gasteiger partial charge in [0.05, 0.1) is 14.2 Å². The number of rotatable bonds is 3. The first kappa shape index (κ1) is 15.2. The van der Waals surface area contributed by atoms with Crippen molar-refractivity contribution in [2.24, 2.45) is 0 Å².